The first-order chi connectivity index (χ1) is 16.7. The third kappa shape index (κ3) is 5.43. The van der Waals surface area contributed by atoms with Gasteiger partial charge < -0.3 is 9.72 Å². The highest BCUT2D eigenvalue weighted by Crippen LogP contribution is 2.29. The van der Waals surface area contributed by atoms with Gasteiger partial charge in [0, 0.05) is 24.7 Å². The molecule has 0 saturated heterocycles. The number of aromatic amines is 1. The summed E-state index contributed by atoms with van der Waals surface area (Å²) < 4.78 is 7.20. The molecule has 35 heavy (non-hydrogen) atoms. The molecule has 8 nitrogen and oxygen atoms in total. The summed E-state index contributed by atoms with van der Waals surface area (Å²) in [6.07, 6.45) is 0.797. The molecule has 0 aliphatic rings. The van der Waals surface area contributed by atoms with Gasteiger partial charge in [-0.15, -0.1) is 5.10 Å². The van der Waals surface area contributed by atoms with Crippen LogP contribution in [0.1, 0.15) is 62.7 Å². The molecule has 1 N–H and O–H groups in total. The number of nitrogens with zero attached hydrogens (tertiary/aromatic N) is 5. The van der Waals surface area contributed by atoms with Crippen molar-refractivity contribution >= 4 is 10.9 Å². The Hall–Kier alpha value is -3.52. The van der Waals surface area contributed by atoms with Crippen LogP contribution < -0.4 is 10.3 Å². The monoisotopic (exact) mass is 474 g/mol. The lowest BCUT2D eigenvalue weighted by atomic mass is 10.0. The van der Waals surface area contributed by atoms with Gasteiger partial charge in [0.2, 0.25) is 0 Å². The topological polar surface area (TPSA) is 88.9 Å². The molecule has 2 aromatic heterocycles. The number of rotatable bonds is 8. The maximum absolute atomic E-state index is 13.1. The first-order valence-electron chi connectivity index (χ1n) is 12.0. The van der Waals surface area contributed by atoms with Gasteiger partial charge >= 0.3 is 0 Å². The number of tetrazole rings is 1. The SMILES string of the molecule is CC[C@H](c1nnnn1C(C)(C)C)N(Cc1ccc(C)cc1)Cc1cc2ccc(OC)cc2[nH]c1=O. The van der Waals surface area contributed by atoms with Gasteiger partial charge in [-0.2, -0.15) is 0 Å². The Labute approximate surface area is 205 Å². The minimum absolute atomic E-state index is 0.0727. The fraction of sp³-hybridized carbons (Fsp3) is 0.407. The Balaban J connectivity index is 1.76. The van der Waals surface area contributed by atoms with Crippen molar-refractivity contribution in [3.63, 3.8) is 0 Å². The van der Waals surface area contributed by atoms with Gasteiger partial charge in [0.15, 0.2) is 5.82 Å². The maximum atomic E-state index is 13.1. The Morgan fingerprint density at radius 2 is 1.83 bits per heavy atom. The van der Waals surface area contributed by atoms with Crippen molar-refractivity contribution in [2.24, 2.45) is 0 Å². The minimum Gasteiger partial charge on any atom is -0.497 e. The average Bonchev–Trinajstić information content (AvgIpc) is 3.31. The molecule has 4 rings (SSSR count). The number of nitrogens with one attached hydrogen (secondary N) is 1. The Bertz CT molecular complexity index is 1350. The van der Waals surface area contributed by atoms with E-state index in [4.69, 9.17) is 4.74 Å². The summed E-state index contributed by atoms with van der Waals surface area (Å²) >= 11 is 0. The lowest BCUT2D eigenvalue weighted by molar-refractivity contribution is 0.153. The molecule has 2 aromatic carbocycles. The molecule has 8 heteroatoms. The van der Waals surface area contributed by atoms with Crippen LogP contribution in [-0.4, -0.2) is 37.2 Å². The van der Waals surface area contributed by atoms with E-state index >= 15 is 0 Å². The second-order valence-corrected chi connectivity index (χ2v) is 10.0. The highest BCUT2D eigenvalue weighted by atomic mass is 16.5. The van der Waals surface area contributed by atoms with Gasteiger partial charge in [-0.1, -0.05) is 36.8 Å². The van der Waals surface area contributed by atoms with Crippen molar-refractivity contribution in [2.75, 3.05) is 7.11 Å². The van der Waals surface area contributed by atoms with Gasteiger partial charge in [-0.3, -0.25) is 9.69 Å². The third-order valence-electron chi connectivity index (χ3n) is 6.26. The van der Waals surface area contributed by atoms with E-state index in [1.165, 1.54) is 11.1 Å². The minimum atomic E-state index is -0.263. The van der Waals surface area contributed by atoms with E-state index in [-0.39, 0.29) is 17.1 Å². The van der Waals surface area contributed by atoms with Gasteiger partial charge in [0.25, 0.3) is 5.56 Å². The predicted octanol–water partition coefficient (Wildman–Crippen LogP) is 4.74. The van der Waals surface area contributed by atoms with Gasteiger partial charge in [0.05, 0.1) is 24.2 Å². The number of aryl methyl sites for hydroxylation is 1. The summed E-state index contributed by atoms with van der Waals surface area (Å²) in [6, 6.07) is 16.1. The number of aromatic nitrogens is 5. The number of methoxy groups -OCH3 is 1. The van der Waals surface area contributed by atoms with E-state index in [0.717, 1.165) is 23.1 Å². The second kappa shape index (κ2) is 10.00. The predicted molar refractivity (Wildman–Crippen MR) is 137 cm³/mol. The van der Waals surface area contributed by atoms with E-state index < -0.39 is 0 Å². The summed E-state index contributed by atoms with van der Waals surface area (Å²) in [7, 11) is 1.62. The van der Waals surface area contributed by atoms with Crippen molar-refractivity contribution in [3.8, 4) is 5.75 Å². The molecular weight excluding hydrogens is 440 g/mol. The number of H-pyrrole nitrogens is 1. The lowest BCUT2D eigenvalue weighted by Gasteiger charge is -2.32. The van der Waals surface area contributed by atoms with Gasteiger partial charge in [0.1, 0.15) is 5.75 Å². The zero-order valence-corrected chi connectivity index (χ0v) is 21.4. The number of benzene rings is 2. The van der Waals surface area contributed by atoms with Gasteiger partial charge in [-0.05, 0) is 73.7 Å². The third-order valence-corrected chi connectivity index (χ3v) is 6.26. The normalized spacial score (nSPS) is 12.9. The molecule has 0 fully saturated rings. The summed E-state index contributed by atoms with van der Waals surface area (Å²) in [4.78, 5) is 18.4. The molecule has 0 aliphatic carbocycles. The molecule has 4 aromatic rings. The second-order valence-electron chi connectivity index (χ2n) is 10.0. The van der Waals surface area contributed by atoms with Crippen LogP contribution in [0, 0.1) is 6.92 Å². The zero-order valence-electron chi connectivity index (χ0n) is 21.4. The Morgan fingerprint density at radius 3 is 2.49 bits per heavy atom. The molecule has 2 heterocycles. The summed E-state index contributed by atoms with van der Waals surface area (Å²) in [5.41, 5.74) is 3.47. The maximum Gasteiger partial charge on any atom is 0.252 e. The molecule has 0 aliphatic heterocycles. The zero-order chi connectivity index (χ0) is 25.2. The van der Waals surface area contributed by atoms with Crippen LogP contribution >= 0.6 is 0 Å². The van der Waals surface area contributed by atoms with Crippen molar-refractivity contribution in [1.29, 1.82) is 0 Å². The van der Waals surface area contributed by atoms with E-state index in [2.05, 4.69) is 84.3 Å². The fourth-order valence-electron chi connectivity index (χ4n) is 4.38. The van der Waals surface area contributed by atoms with Crippen molar-refractivity contribution in [2.45, 2.75) is 65.7 Å². The molecule has 0 radical (unpaired) electrons. The van der Waals surface area contributed by atoms with Crippen LogP contribution in [0.3, 0.4) is 0 Å². The molecule has 184 valence electrons. The van der Waals surface area contributed by atoms with Crippen molar-refractivity contribution in [3.05, 3.63) is 81.4 Å². The number of pyridine rings is 1. The number of ether oxygens (including phenoxy) is 1. The fourth-order valence-corrected chi connectivity index (χ4v) is 4.38. The molecule has 0 spiro atoms. The van der Waals surface area contributed by atoms with E-state index in [1.807, 2.05) is 28.9 Å². The summed E-state index contributed by atoms with van der Waals surface area (Å²) in [5.74, 6) is 1.51. The Kier molecular flexibility index (Phi) is 7.03. The molecule has 0 bridgehead atoms. The highest BCUT2D eigenvalue weighted by Gasteiger charge is 2.29. The average molecular weight is 475 g/mol. The molecular formula is C27H34N6O2. The first-order valence-corrected chi connectivity index (χ1v) is 12.0. The summed E-state index contributed by atoms with van der Waals surface area (Å²) in [6.45, 7) is 11.6. The quantitative estimate of drug-likeness (QED) is 0.397. The number of fused-ring (bicyclic) bond motifs is 1. The number of hydrogen-bond donors (Lipinski definition) is 1. The van der Waals surface area contributed by atoms with E-state index in [1.54, 1.807) is 7.11 Å². The van der Waals surface area contributed by atoms with Crippen molar-refractivity contribution in [1.82, 2.24) is 30.1 Å². The Morgan fingerprint density at radius 1 is 1.09 bits per heavy atom. The van der Waals surface area contributed by atoms with Crippen LogP contribution in [0.4, 0.5) is 0 Å². The van der Waals surface area contributed by atoms with Crippen LogP contribution in [0.15, 0.2) is 53.3 Å². The van der Waals surface area contributed by atoms with E-state index in [9.17, 15) is 4.79 Å². The summed E-state index contributed by atoms with van der Waals surface area (Å²) in [5, 5.41) is 13.7. The smallest absolute Gasteiger partial charge is 0.252 e. The van der Waals surface area contributed by atoms with Crippen LogP contribution in [0.5, 0.6) is 5.75 Å². The van der Waals surface area contributed by atoms with E-state index in [0.29, 0.717) is 24.4 Å². The molecule has 1 atom stereocenters. The first kappa shape index (κ1) is 24.6. The molecule has 0 saturated carbocycles. The number of hydrogen-bond acceptors (Lipinski definition) is 6. The van der Waals surface area contributed by atoms with Crippen molar-refractivity contribution < 1.29 is 4.74 Å². The van der Waals surface area contributed by atoms with Crippen LogP contribution in [-0.2, 0) is 18.6 Å². The lowest BCUT2D eigenvalue weighted by Crippen LogP contribution is -2.35. The van der Waals surface area contributed by atoms with Crippen LogP contribution in [0.25, 0.3) is 10.9 Å². The molecule has 0 unspecified atom stereocenters. The van der Waals surface area contributed by atoms with Gasteiger partial charge in [-0.25, -0.2) is 4.68 Å². The van der Waals surface area contributed by atoms with Crippen LogP contribution in [0.2, 0.25) is 0 Å². The molecule has 0 amide bonds. The highest BCUT2D eigenvalue weighted by molar-refractivity contribution is 5.80. The standard InChI is InChI=1S/C27H34N6O2/c1-7-24(25-29-30-31-33(25)27(3,4)5)32(16-19-10-8-18(2)9-11-19)17-21-14-20-12-13-22(35-6)15-23(20)28-26(21)34/h8-15,24H,7,16-17H2,1-6H3,(H,28,34)/t24-/m1/s1. The largest absolute Gasteiger partial charge is 0.497 e.